The van der Waals surface area contributed by atoms with E-state index in [-0.39, 0.29) is 17.8 Å². The van der Waals surface area contributed by atoms with Gasteiger partial charge in [-0.15, -0.1) is 0 Å². The highest BCUT2D eigenvalue weighted by Crippen LogP contribution is 2.26. The Kier molecular flexibility index (Phi) is 3.58. The van der Waals surface area contributed by atoms with Crippen molar-refractivity contribution < 1.29 is 13.6 Å². The molecule has 0 unspecified atom stereocenters. The Balaban J connectivity index is 3.09. The number of carbonyl (C=O) groups excluding carboxylic acids is 1. The molecular formula is C10H9ClF2O. The molecule has 0 aliphatic rings. The Morgan fingerprint density at radius 2 is 2.14 bits per heavy atom. The van der Waals surface area contributed by atoms with Crippen molar-refractivity contribution in [2.45, 2.75) is 19.8 Å². The summed E-state index contributed by atoms with van der Waals surface area (Å²) in [7, 11) is 0. The molecule has 0 radical (unpaired) electrons. The van der Waals surface area contributed by atoms with Gasteiger partial charge in [0.05, 0.1) is 0 Å². The third kappa shape index (κ3) is 2.77. The minimum Gasteiger partial charge on any atom is -0.300 e. The molecule has 0 aliphatic heterocycles. The smallest absolute Gasteiger partial charge is 0.264 e. The van der Waals surface area contributed by atoms with E-state index in [1.54, 1.807) is 0 Å². The van der Waals surface area contributed by atoms with Crippen molar-refractivity contribution in [2.24, 2.45) is 0 Å². The van der Waals surface area contributed by atoms with Crippen LogP contribution in [0.4, 0.5) is 8.78 Å². The van der Waals surface area contributed by atoms with Gasteiger partial charge in [-0.3, -0.25) is 4.79 Å². The van der Waals surface area contributed by atoms with Crippen molar-refractivity contribution in [1.29, 1.82) is 0 Å². The van der Waals surface area contributed by atoms with Gasteiger partial charge in [0.25, 0.3) is 6.43 Å². The molecule has 0 N–H and O–H groups in total. The molecule has 1 nitrogen and oxygen atoms in total. The van der Waals surface area contributed by atoms with E-state index in [1.807, 2.05) is 0 Å². The molecule has 0 spiro atoms. The van der Waals surface area contributed by atoms with E-state index < -0.39 is 6.43 Å². The maximum absolute atomic E-state index is 12.5. The molecular weight excluding hydrogens is 210 g/mol. The fourth-order valence-corrected chi connectivity index (χ4v) is 1.40. The van der Waals surface area contributed by atoms with Crippen molar-refractivity contribution in [3.63, 3.8) is 0 Å². The van der Waals surface area contributed by atoms with E-state index in [9.17, 15) is 13.6 Å². The zero-order chi connectivity index (χ0) is 10.7. The van der Waals surface area contributed by atoms with E-state index in [4.69, 9.17) is 11.6 Å². The molecule has 0 fully saturated rings. The lowest BCUT2D eigenvalue weighted by Crippen LogP contribution is -2.01. The average molecular weight is 219 g/mol. The van der Waals surface area contributed by atoms with Crippen molar-refractivity contribution >= 4 is 17.4 Å². The van der Waals surface area contributed by atoms with Gasteiger partial charge in [0.15, 0.2) is 0 Å². The summed E-state index contributed by atoms with van der Waals surface area (Å²) in [6.45, 7) is 1.36. The number of carbonyl (C=O) groups is 1. The zero-order valence-electron chi connectivity index (χ0n) is 7.56. The van der Waals surface area contributed by atoms with Crippen LogP contribution in [0.15, 0.2) is 18.2 Å². The first kappa shape index (κ1) is 11.1. The average Bonchev–Trinajstić information content (AvgIpc) is 2.01. The van der Waals surface area contributed by atoms with Crippen LogP contribution in [-0.2, 0) is 11.2 Å². The van der Waals surface area contributed by atoms with Crippen LogP contribution in [0.5, 0.6) is 0 Å². The molecule has 0 bridgehead atoms. The lowest BCUT2D eigenvalue weighted by Gasteiger charge is -2.07. The van der Waals surface area contributed by atoms with Gasteiger partial charge in [-0.1, -0.05) is 17.7 Å². The van der Waals surface area contributed by atoms with E-state index >= 15 is 0 Å². The van der Waals surface area contributed by atoms with Gasteiger partial charge in [0.1, 0.15) is 5.78 Å². The standard InChI is InChI=1S/C10H9ClF2O/c1-6(14)4-7-5-8(11)2-3-9(7)10(12)13/h2-3,5,10H,4H2,1H3. The first-order valence-electron chi connectivity index (χ1n) is 4.06. The SMILES string of the molecule is CC(=O)Cc1cc(Cl)ccc1C(F)F. The minimum atomic E-state index is -2.57. The quantitative estimate of drug-likeness (QED) is 0.760. The highest BCUT2D eigenvalue weighted by molar-refractivity contribution is 6.30. The summed E-state index contributed by atoms with van der Waals surface area (Å²) in [5, 5.41) is 0.366. The number of hydrogen-bond donors (Lipinski definition) is 0. The van der Waals surface area contributed by atoms with Crippen molar-refractivity contribution in [1.82, 2.24) is 0 Å². The first-order valence-corrected chi connectivity index (χ1v) is 4.44. The maximum atomic E-state index is 12.5. The van der Waals surface area contributed by atoms with Crippen molar-refractivity contribution in [2.75, 3.05) is 0 Å². The number of rotatable bonds is 3. The monoisotopic (exact) mass is 218 g/mol. The fourth-order valence-electron chi connectivity index (χ4n) is 1.21. The number of benzene rings is 1. The Morgan fingerprint density at radius 1 is 1.50 bits per heavy atom. The molecule has 1 rings (SSSR count). The van der Waals surface area contributed by atoms with E-state index in [1.165, 1.54) is 25.1 Å². The Bertz CT molecular complexity index is 350. The second kappa shape index (κ2) is 4.51. The molecule has 0 atom stereocenters. The molecule has 0 aliphatic carbocycles. The molecule has 0 aromatic heterocycles. The van der Waals surface area contributed by atoms with Crippen LogP contribution in [0.1, 0.15) is 24.5 Å². The normalized spacial score (nSPS) is 10.6. The van der Waals surface area contributed by atoms with E-state index in [0.717, 1.165) is 0 Å². The van der Waals surface area contributed by atoms with Gasteiger partial charge in [0, 0.05) is 17.0 Å². The van der Waals surface area contributed by atoms with Crippen LogP contribution in [0.2, 0.25) is 5.02 Å². The van der Waals surface area contributed by atoms with Crippen molar-refractivity contribution in [3.8, 4) is 0 Å². The molecule has 0 heterocycles. The molecule has 1 aromatic rings. The van der Waals surface area contributed by atoms with Crippen LogP contribution in [0.3, 0.4) is 0 Å². The van der Waals surface area contributed by atoms with Gasteiger partial charge >= 0.3 is 0 Å². The van der Waals surface area contributed by atoms with Gasteiger partial charge < -0.3 is 0 Å². The van der Waals surface area contributed by atoms with Gasteiger partial charge in [-0.05, 0) is 24.6 Å². The van der Waals surface area contributed by atoms with Crippen LogP contribution < -0.4 is 0 Å². The van der Waals surface area contributed by atoms with E-state index in [0.29, 0.717) is 10.6 Å². The number of hydrogen-bond acceptors (Lipinski definition) is 1. The topological polar surface area (TPSA) is 17.1 Å². The molecule has 0 saturated heterocycles. The third-order valence-corrected chi connectivity index (χ3v) is 2.01. The van der Waals surface area contributed by atoms with Gasteiger partial charge in [-0.2, -0.15) is 0 Å². The molecule has 76 valence electrons. The minimum absolute atomic E-state index is 0.000231. The summed E-state index contributed by atoms with van der Waals surface area (Å²) >= 11 is 5.65. The summed E-state index contributed by atoms with van der Waals surface area (Å²) in [4.78, 5) is 10.8. The second-order valence-corrected chi connectivity index (χ2v) is 3.46. The lowest BCUT2D eigenvalue weighted by molar-refractivity contribution is -0.116. The summed E-state index contributed by atoms with van der Waals surface area (Å²) in [6, 6.07) is 4.06. The Labute approximate surface area is 85.7 Å². The lowest BCUT2D eigenvalue weighted by atomic mass is 10.0. The number of Topliss-reactive ketones (excluding diaryl/α,β-unsaturated/α-hetero) is 1. The summed E-state index contributed by atoms with van der Waals surface area (Å²) in [5.74, 6) is -0.158. The zero-order valence-corrected chi connectivity index (χ0v) is 8.31. The Hall–Kier alpha value is -0.960. The number of halogens is 3. The fraction of sp³-hybridized carbons (Fsp3) is 0.300. The molecule has 4 heteroatoms. The highest BCUT2D eigenvalue weighted by Gasteiger charge is 2.13. The Morgan fingerprint density at radius 3 is 2.64 bits per heavy atom. The van der Waals surface area contributed by atoms with Crippen LogP contribution >= 0.6 is 11.6 Å². The molecule has 1 aromatic carbocycles. The van der Waals surface area contributed by atoms with Crippen molar-refractivity contribution in [3.05, 3.63) is 34.3 Å². The predicted molar refractivity (Wildman–Crippen MR) is 50.8 cm³/mol. The number of ketones is 1. The van der Waals surface area contributed by atoms with Crippen LogP contribution in [0.25, 0.3) is 0 Å². The summed E-state index contributed by atoms with van der Waals surface area (Å²) < 4.78 is 24.9. The van der Waals surface area contributed by atoms with Gasteiger partial charge in [-0.25, -0.2) is 8.78 Å². The molecule has 0 amide bonds. The predicted octanol–water partition coefficient (Wildman–Crippen LogP) is 3.41. The molecule has 0 saturated carbocycles. The van der Waals surface area contributed by atoms with Crippen LogP contribution in [-0.4, -0.2) is 5.78 Å². The van der Waals surface area contributed by atoms with E-state index in [2.05, 4.69) is 0 Å². The highest BCUT2D eigenvalue weighted by atomic mass is 35.5. The second-order valence-electron chi connectivity index (χ2n) is 3.02. The first-order chi connectivity index (χ1) is 6.50. The summed E-state index contributed by atoms with van der Waals surface area (Å²) in [6.07, 6.45) is -2.57. The largest absolute Gasteiger partial charge is 0.300 e. The maximum Gasteiger partial charge on any atom is 0.264 e. The number of alkyl halides is 2. The van der Waals surface area contributed by atoms with Gasteiger partial charge in [0.2, 0.25) is 0 Å². The van der Waals surface area contributed by atoms with Crippen LogP contribution in [0, 0.1) is 0 Å². The third-order valence-electron chi connectivity index (χ3n) is 1.78. The summed E-state index contributed by atoms with van der Waals surface area (Å²) in [5.41, 5.74) is 0.185. The molecule has 14 heavy (non-hydrogen) atoms.